The lowest BCUT2D eigenvalue weighted by atomic mass is 9.93. The van der Waals surface area contributed by atoms with E-state index in [1.54, 1.807) is 6.07 Å². The van der Waals surface area contributed by atoms with Crippen molar-refractivity contribution in [1.29, 1.82) is 0 Å². The Morgan fingerprint density at radius 2 is 2.00 bits per heavy atom. The maximum absolute atomic E-state index is 13.8. The molecule has 1 aromatic carbocycles. The van der Waals surface area contributed by atoms with Gasteiger partial charge in [-0.05, 0) is 42.9 Å². The van der Waals surface area contributed by atoms with Gasteiger partial charge in [0.15, 0.2) is 11.6 Å². The molecule has 1 atom stereocenters. The van der Waals surface area contributed by atoms with Gasteiger partial charge >= 0.3 is 0 Å². The molecule has 0 fully saturated rings. The highest BCUT2D eigenvalue weighted by atomic mass is 19.1. The molecule has 102 valence electrons. The van der Waals surface area contributed by atoms with Crippen LogP contribution < -0.4 is 10.5 Å². The van der Waals surface area contributed by atoms with E-state index >= 15 is 0 Å². The first-order valence-corrected chi connectivity index (χ1v) is 6.45. The molecule has 0 spiro atoms. The van der Waals surface area contributed by atoms with Gasteiger partial charge in [0.1, 0.15) is 0 Å². The Labute approximate surface area is 109 Å². The molecular weight excluding hydrogens is 229 g/mol. The molecule has 1 unspecified atom stereocenters. The van der Waals surface area contributed by atoms with E-state index in [-0.39, 0.29) is 17.3 Å². The number of halogens is 1. The molecule has 1 rings (SSSR count). The topological polar surface area (TPSA) is 35.2 Å². The van der Waals surface area contributed by atoms with Crippen molar-refractivity contribution in [2.75, 3.05) is 6.61 Å². The van der Waals surface area contributed by atoms with Crippen LogP contribution in [0.2, 0.25) is 0 Å². The van der Waals surface area contributed by atoms with Gasteiger partial charge < -0.3 is 10.5 Å². The fourth-order valence-corrected chi connectivity index (χ4v) is 1.63. The molecule has 2 N–H and O–H groups in total. The minimum absolute atomic E-state index is 0.0389. The predicted octanol–water partition coefficient (Wildman–Crippen LogP) is 3.53. The Morgan fingerprint density at radius 1 is 1.33 bits per heavy atom. The summed E-state index contributed by atoms with van der Waals surface area (Å²) >= 11 is 0. The Morgan fingerprint density at radius 3 is 2.50 bits per heavy atom. The van der Waals surface area contributed by atoms with Gasteiger partial charge in [-0.2, -0.15) is 0 Å². The van der Waals surface area contributed by atoms with Crippen LogP contribution in [0.4, 0.5) is 4.39 Å². The molecule has 3 heteroatoms. The number of hydrogen-bond acceptors (Lipinski definition) is 2. The summed E-state index contributed by atoms with van der Waals surface area (Å²) in [4.78, 5) is 0. The van der Waals surface area contributed by atoms with Crippen molar-refractivity contribution < 1.29 is 9.13 Å². The summed E-state index contributed by atoms with van der Waals surface area (Å²) in [6, 6.07) is 5.11. The van der Waals surface area contributed by atoms with Gasteiger partial charge in [0.2, 0.25) is 0 Å². The van der Waals surface area contributed by atoms with Crippen LogP contribution in [-0.4, -0.2) is 12.6 Å². The van der Waals surface area contributed by atoms with Crippen LogP contribution in [0.25, 0.3) is 0 Å². The van der Waals surface area contributed by atoms with E-state index in [4.69, 9.17) is 10.5 Å². The zero-order valence-corrected chi connectivity index (χ0v) is 11.8. The fraction of sp³-hybridized carbons (Fsp3) is 0.600. The zero-order chi connectivity index (χ0) is 13.8. The third-order valence-electron chi connectivity index (χ3n) is 2.66. The van der Waals surface area contributed by atoms with Crippen LogP contribution in [0.15, 0.2) is 18.2 Å². The van der Waals surface area contributed by atoms with Gasteiger partial charge in [0.05, 0.1) is 6.61 Å². The minimum atomic E-state index is -0.304. The molecule has 18 heavy (non-hydrogen) atoms. The first kappa shape index (κ1) is 15.0. The monoisotopic (exact) mass is 253 g/mol. The van der Waals surface area contributed by atoms with E-state index in [2.05, 4.69) is 20.8 Å². The molecule has 0 bridgehead atoms. The van der Waals surface area contributed by atoms with Crippen LogP contribution in [-0.2, 0) is 6.42 Å². The van der Waals surface area contributed by atoms with E-state index < -0.39 is 0 Å². The lowest BCUT2D eigenvalue weighted by Gasteiger charge is -2.18. The second-order valence-electron chi connectivity index (χ2n) is 6.11. The molecule has 0 aliphatic rings. The average molecular weight is 253 g/mol. The molecule has 0 aliphatic carbocycles. The molecule has 0 amide bonds. The smallest absolute Gasteiger partial charge is 0.165 e. The Hall–Kier alpha value is -1.09. The normalized spacial score (nSPS) is 13.4. The van der Waals surface area contributed by atoms with E-state index in [0.717, 1.165) is 12.0 Å². The van der Waals surface area contributed by atoms with E-state index in [1.165, 1.54) is 6.07 Å². The lowest BCUT2D eigenvalue weighted by Crippen LogP contribution is -2.17. The van der Waals surface area contributed by atoms with Crippen LogP contribution in [0.3, 0.4) is 0 Å². The zero-order valence-electron chi connectivity index (χ0n) is 11.8. The second kappa shape index (κ2) is 6.19. The average Bonchev–Trinajstić information content (AvgIpc) is 2.18. The number of rotatable bonds is 5. The number of hydrogen-bond donors (Lipinski definition) is 1. The third-order valence-corrected chi connectivity index (χ3v) is 2.66. The molecule has 0 saturated carbocycles. The fourth-order valence-electron chi connectivity index (χ4n) is 1.63. The number of ether oxygens (including phenoxy) is 1. The predicted molar refractivity (Wildman–Crippen MR) is 73.3 cm³/mol. The van der Waals surface area contributed by atoms with Crippen LogP contribution >= 0.6 is 0 Å². The number of nitrogens with two attached hydrogens (primary N) is 1. The van der Waals surface area contributed by atoms with Crippen molar-refractivity contribution in [2.24, 2.45) is 11.1 Å². The summed E-state index contributed by atoms with van der Waals surface area (Å²) in [5.41, 5.74) is 6.79. The van der Waals surface area contributed by atoms with Crippen LogP contribution in [0.5, 0.6) is 5.75 Å². The highest BCUT2D eigenvalue weighted by Crippen LogP contribution is 2.22. The van der Waals surface area contributed by atoms with Gasteiger partial charge in [-0.25, -0.2) is 4.39 Å². The Bertz CT molecular complexity index is 383. The third kappa shape index (κ3) is 5.50. The molecule has 0 aromatic heterocycles. The summed E-state index contributed by atoms with van der Waals surface area (Å²) in [7, 11) is 0. The summed E-state index contributed by atoms with van der Waals surface area (Å²) in [6.45, 7) is 8.86. The van der Waals surface area contributed by atoms with E-state index in [9.17, 15) is 4.39 Å². The largest absolute Gasteiger partial charge is 0.490 e. The first-order chi connectivity index (χ1) is 8.28. The highest BCUT2D eigenvalue weighted by Gasteiger charge is 2.11. The van der Waals surface area contributed by atoms with Gasteiger partial charge in [-0.15, -0.1) is 0 Å². The first-order valence-electron chi connectivity index (χ1n) is 6.45. The number of benzene rings is 1. The summed E-state index contributed by atoms with van der Waals surface area (Å²) < 4.78 is 19.2. The van der Waals surface area contributed by atoms with Crippen LogP contribution in [0.1, 0.15) is 39.7 Å². The Kier molecular flexibility index (Phi) is 5.15. The Balaban J connectivity index is 2.57. The van der Waals surface area contributed by atoms with Gasteiger partial charge in [-0.3, -0.25) is 0 Å². The maximum Gasteiger partial charge on any atom is 0.165 e. The van der Waals surface area contributed by atoms with Crippen LogP contribution in [0, 0.1) is 11.2 Å². The van der Waals surface area contributed by atoms with Crippen molar-refractivity contribution in [3.05, 3.63) is 29.6 Å². The van der Waals surface area contributed by atoms with Gasteiger partial charge in [-0.1, -0.05) is 26.8 Å². The van der Waals surface area contributed by atoms with Crippen molar-refractivity contribution in [2.45, 2.75) is 46.6 Å². The highest BCUT2D eigenvalue weighted by molar-refractivity contribution is 5.29. The van der Waals surface area contributed by atoms with Gasteiger partial charge in [0.25, 0.3) is 0 Å². The minimum Gasteiger partial charge on any atom is -0.490 e. The summed E-state index contributed by atoms with van der Waals surface area (Å²) in [5, 5.41) is 0. The molecule has 0 radical (unpaired) electrons. The lowest BCUT2D eigenvalue weighted by molar-refractivity contribution is 0.235. The molecule has 1 aromatic rings. The van der Waals surface area contributed by atoms with Crippen molar-refractivity contribution in [3.8, 4) is 5.75 Å². The standard InChI is InChI=1S/C15H24FNO/c1-11(17)9-12-5-6-14(13(16)10-12)18-8-7-15(2,3)4/h5-6,10-11H,7-9,17H2,1-4H3. The molecule has 0 heterocycles. The SMILES string of the molecule is CC(N)Cc1ccc(OCCC(C)(C)C)c(F)c1. The van der Waals surface area contributed by atoms with Crippen molar-refractivity contribution >= 4 is 0 Å². The van der Waals surface area contributed by atoms with E-state index in [0.29, 0.717) is 18.8 Å². The summed E-state index contributed by atoms with van der Waals surface area (Å²) in [6.07, 6.45) is 1.58. The quantitative estimate of drug-likeness (QED) is 0.871. The van der Waals surface area contributed by atoms with E-state index in [1.807, 2.05) is 13.0 Å². The van der Waals surface area contributed by atoms with Crippen molar-refractivity contribution in [3.63, 3.8) is 0 Å². The maximum atomic E-state index is 13.8. The molecule has 2 nitrogen and oxygen atoms in total. The molecule has 0 saturated heterocycles. The van der Waals surface area contributed by atoms with Crippen molar-refractivity contribution in [1.82, 2.24) is 0 Å². The molecule has 0 aliphatic heterocycles. The summed E-state index contributed by atoms with van der Waals surface area (Å²) in [5.74, 6) is 0.0229. The second-order valence-corrected chi connectivity index (χ2v) is 6.11. The molecular formula is C15H24FNO. The van der Waals surface area contributed by atoms with Gasteiger partial charge in [0, 0.05) is 6.04 Å².